The highest BCUT2D eigenvalue weighted by molar-refractivity contribution is 5.85. The summed E-state index contributed by atoms with van der Waals surface area (Å²) in [6, 6.07) is 11.6. The second kappa shape index (κ2) is 7.16. The van der Waals surface area contributed by atoms with Crippen LogP contribution in [0.1, 0.15) is 27.3 Å². The van der Waals surface area contributed by atoms with Gasteiger partial charge in [-0.25, -0.2) is 14.5 Å². The molecule has 1 aliphatic heterocycles. The van der Waals surface area contributed by atoms with E-state index in [2.05, 4.69) is 38.2 Å². The van der Waals surface area contributed by atoms with Crippen molar-refractivity contribution in [2.24, 2.45) is 0 Å². The van der Waals surface area contributed by atoms with Crippen molar-refractivity contribution in [3.63, 3.8) is 0 Å². The van der Waals surface area contributed by atoms with Crippen LogP contribution in [-0.2, 0) is 24.3 Å². The molecule has 0 bridgehead atoms. The molecule has 0 aliphatic carbocycles. The number of carboxylic acid groups (broad SMARTS) is 1. The molecule has 8 heteroatoms. The predicted molar refractivity (Wildman–Crippen MR) is 98.0 cm³/mol. The van der Waals surface area contributed by atoms with E-state index in [0.29, 0.717) is 24.1 Å². The Morgan fingerprint density at radius 1 is 1.22 bits per heavy atom. The van der Waals surface area contributed by atoms with E-state index in [1.807, 2.05) is 6.07 Å². The number of hydrogen-bond acceptors (Lipinski definition) is 6. The molecule has 3 aromatic rings. The van der Waals surface area contributed by atoms with Crippen LogP contribution >= 0.6 is 0 Å². The van der Waals surface area contributed by atoms with Crippen LogP contribution in [0.2, 0.25) is 0 Å². The molecule has 0 fully saturated rings. The van der Waals surface area contributed by atoms with E-state index in [1.165, 1.54) is 21.9 Å². The maximum atomic E-state index is 11.1. The second-order valence-corrected chi connectivity index (χ2v) is 6.34. The van der Waals surface area contributed by atoms with Gasteiger partial charge in [0, 0.05) is 32.5 Å². The van der Waals surface area contributed by atoms with Crippen LogP contribution in [0, 0.1) is 0 Å². The predicted octanol–water partition coefficient (Wildman–Crippen LogP) is 2.07. The normalized spacial score (nSPS) is 13.4. The van der Waals surface area contributed by atoms with Crippen LogP contribution in [0.4, 0.5) is 5.95 Å². The quantitative estimate of drug-likeness (QED) is 0.740. The Balaban J connectivity index is 1.70. The SMILES string of the molecule is COCc1cc(-n2ccc(C(=O)O)n2)nc(N2CCc3ccccc3C2)n1. The molecule has 27 heavy (non-hydrogen) atoms. The maximum Gasteiger partial charge on any atom is 0.356 e. The number of carboxylic acids is 1. The first-order valence-corrected chi connectivity index (χ1v) is 8.62. The van der Waals surface area contributed by atoms with Crippen molar-refractivity contribution in [1.29, 1.82) is 0 Å². The molecule has 0 spiro atoms. The zero-order valence-electron chi connectivity index (χ0n) is 14.9. The Hall–Kier alpha value is -3.26. The fourth-order valence-electron chi connectivity index (χ4n) is 3.18. The van der Waals surface area contributed by atoms with E-state index in [-0.39, 0.29) is 5.69 Å². The highest BCUT2D eigenvalue weighted by Crippen LogP contribution is 2.23. The van der Waals surface area contributed by atoms with Gasteiger partial charge in [0.25, 0.3) is 0 Å². The maximum absolute atomic E-state index is 11.1. The molecule has 3 heterocycles. The molecule has 0 atom stereocenters. The van der Waals surface area contributed by atoms with Gasteiger partial charge in [0.1, 0.15) is 0 Å². The standard InChI is InChI=1S/C19H19N5O3/c1-27-12-15-10-17(24-9-7-16(22-24)18(25)26)21-19(20-15)23-8-6-13-4-2-3-5-14(13)11-23/h2-5,7,9-10H,6,8,11-12H2,1H3,(H,25,26). The third-order valence-electron chi connectivity index (χ3n) is 4.50. The first-order chi connectivity index (χ1) is 13.1. The van der Waals surface area contributed by atoms with Gasteiger partial charge in [0.05, 0.1) is 12.3 Å². The Bertz CT molecular complexity index is 985. The average molecular weight is 365 g/mol. The number of aromatic carboxylic acids is 1. The Kier molecular flexibility index (Phi) is 4.55. The first kappa shape index (κ1) is 17.2. The van der Waals surface area contributed by atoms with Crippen molar-refractivity contribution < 1.29 is 14.6 Å². The lowest BCUT2D eigenvalue weighted by Gasteiger charge is -2.29. The van der Waals surface area contributed by atoms with Crippen LogP contribution in [0.3, 0.4) is 0 Å². The zero-order chi connectivity index (χ0) is 18.8. The van der Waals surface area contributed by atoms with Crippen molar-refractivity contribution >= 4 is 11.9 Å². The van der Waals surface area contributed by atoms with Crippen LogP contribution in [0.15, 0.2) is 42.6 Å². The lowest BCUT2D eigenvalue weighted by Crippen LogP contribution is -2.32. The summed E-state index contributed by atoms with van der Waals surface area (Å²) < 4.78 is 6.68. The molecule has 1 aromatic carbocycles. The highest BCUT2D eigenvalue weighted by Gasteiger charge is 2.20. The fourth-order valence-corrected chi connectivity index (χ4v) is 3.18. The Morgan fingerprint density at radius 2 is 2.04 bits per heavy atom. The number of fused-ring (bicyclic) bond motifs is 1. The number of rotatable bonds is 5. The van der Waals surface area contributed by atoms with Crippen LogP contribution in [0.5, 0.6) is 0 Å². The molecule has 8 nitrogen and oxygen atoms in total. The highest BCUT2D eigenvalue weighted by atomic mass is 16.5. The summed E-state index contributed by atoms with van der Waals surface area (Å²) in [5, 5.41) is 13.2. The van der Waals surface area contributed by atoms with E-state index in [1.54, 1.807) is 19.4 Å². The second-order valence-electron chi connectivity index (χ2n) is 6.34. The van der Waals surface area contributed by atoms with Gasteiger partial charge in [-0.2, -0.15) is 10.1 Å². The van der Waals surface area contributed by atoms with E-state index >= 15 is 0 Å². The van der Waals surface area contributed by atoms with Crippen molar-refractivity contribution in [3.8, 4) is 5.82 Å². The van der Waals surface area contributed by atoms with Crippen LogP contribution in [-0.4, -0.2) is 44.5 Å². The smallest absolute Gasteiger partial charge is 0.356 e. The fraction of sp³-hybridized carbons (Fsp3) is 0.263. The van der Waals surface area contributed by atoms with E-state index in [9.17, 15) is 4.79 Å². The van der Waals surface area contributed by atoms with Crippen LogP contribution in [0.25, 0.3) is 5.82 Å². The lowest BCUT2D eigenvalue weighted by molar-refractivity contribution is 0.0690. The molecular formula is C19H19N5O3. The number of carbonyl (C=O) groups is 1. The van der Waals surface area contributed by atoms with E-state index in [4.69, 9.17) is 9.84 Å². The number of aromatic nitrogens is 4. The molecule has 0 saturated carbocycles. The molecule has 1 aliphatic rings. The lowest BCUT2D eigenvalue weighted by atomic mass is 10.0. The van der Waals surface area contributed by atoms with Gasteiger partial charge in [-0.05, 0) is 23.6 Å². The van der Waals surface area contributed by atoms with Gasteiger partial charge >= 0.3 is 5.97 Å². The molecule has 0 unspecified atom stereocenters. The molecule has 0 saturated heterocycles. The number of benzene rings is 1. The average Bonchev–Trinajstić information content (AvgIpc) is 3.18. The van der Waals surface area contributed by atoms with Crippen molar-refractivity contribution in [1.82, 2.24) is 19.7 Å². The minimum Gasteiger partial charge on any atom is -0.476 e. The summed E-state index contributed by atoms with van der Waals surface area (Å²) in [4.78, 5) is 22.5. The molecule has 1 N–H and O–H groups in total. The first-order valence-electron chi connectivity index (χ1n) is 8.62. The zero-order valence-corrected chi connectivity index (χ0v) is 14.9. The number of anilines is 1. The number of nitrogens with zero attached hydrogens (tertiary/aromatic N) is 5. The summed E-state index contributed by atoms with van der Waals surface area (Å²) in [5.41, 5.74) is 3.29. The Labute approximate surface area is 156 Å². The third-order valence-corrected chi connectivity index (χ3v) is 4.50. The molecule has 2 aromatic heterocycles. The summed E-state index contributed by atoms with van der Waals surface area (Å²) in [5.74, 6) is 0.0209. The van der Waals surface area contributed by atoms with Crippen molar-refractivity contribution in [2.45, 2.75) is 19.6 Å². The minimum absolute atomic E-state index is 0.0321. The van der Waals surface area contributed by atoms with Crippen molar-refractivity contribution in [2.75, 3.05) is 18.6 Å². The molecular weight excluding hydrogens is 346 g/mol. The third kappa shape index (κ3) is 3.52. The Morgan fingerprint density at radius 3 is 2.78 bits per heavy atom. The van der Waals surface area contributed by atoms with Gasteiger partial charge in [-0.15, -0.1) is 0 Å². The van der Waals surface area contributed by atoms with Gasteiger partial charge in [0.2, 0.25) is 5.95 Å². The largest absolute Gasteiger partial charge is 0.476 e. The summed E-state index contributed by atoms with van der Waals surface area (Å²) >= 11 is 0. The molecule has 0 amide bonds. The topological polar surface area (TPSA) is 93.4 Å². The summed E-state index contributed by atoms with van der Waals surface area (Å²) in [6.07, 6.45) is 2.51. The van der Waals surface area contributed by atoms with Crippen LogP contribution < -0.4 is 4.90 Å². The number of hydrogen-bond donors (Lipinski definition) is 1. The molecule has 4 rings (SSSR count). The van der Waals surface area contributed by atoms with E-state index in [0.717, 1.165) is 19.5 Å². The van der Waals surface area contributed by atoms with Gasteiger partial charge in [0.15, 0.2) is 11.5 Å². The minimum atomic E-state index is -1.08. The molecule has 138 valence electrons. The summed E-state index contributed by atoms with van der Waals surface area (Å²) in [7, 11) is 1.61. The molecule has 0 radical (unpaired) electrons. The number of ether oxygens (including phenoxy) is 1. The monoisotopic (exact) mass is 365 g/mol. The van der Waals surface area contributed by atoms with Gasteiger partial charge < -0.3 is 14.7 Å². The van der Waals surface area contributed by atoms with Gasteiger partial charge in [-0.3, -0.25) is 0 Å². The van der Waals surface area contributed by atoms with Crippen molar-refractivity contribution in [3.05, 3.63) is 65.1 Å². The van der Waals surface area contributed by atoms with E-state index < -0.39 is 5.97 Å². The summed E-state index contributed by atoms with van der Waals surface area (Å²) in [6.45, 7) is 1.87. The van der Waals surface area contributed by atoms with Gasteiger partial charge in [-0.1, -0.05) is 24.3 Å². The number of methoxy groups -OCH3 is 1.